The van der Waals surface area contributed by atoms with Gasteiger partial charge in [0.05, 0.1) is 7.11 Å². The highest BCUT2D eigenvalue weighted by molar-refractivity contribution is 5.78. The van der Waals surface area contributed by atoms with Crippen molar-refractivity contribution in [3.05, 3.63) is 71.8 Å². The molecule has 2 rings (SSSR count). The molecule has 2 aromatic rings. The maximum atomic E-state index is 5.87. The Labute approximate surface area is 131 Å². The molecule has 0 aliphatic carbocycles. The largest absolute Gasteiger partial charge is 0.483 e. The first-order chi connectivity index (χ1) is 10.8. The van der Waals surface area contributed by atoms with E-state index < -0.39 is 5.72 Å². The van der Waals surface area contributed by atoms with E-state index in [0.717, 1.165) is 11.1 Å². The molecule has 22 heavy (non-hydrogen) atoms. The number of hydrogen-bond donors (Lipinski definition) is 0. The average molecular weight is 299 g/mol. The Bertz CT molecular complexity index is 557. The molecule has 4 nitrogen and oxygen atoms in total. The molecule has 0 unspecified atom stereocenters. The van der Waals surface area contributed by atoms with Gasteiger partial charge in [0.15, 0.2) is 0 Å². The summed E-state index contributed by atoms with van der Waals surface area (Å²) in [6.45, 7) is 0.279. The molecule has 0 N–H and O–H groups in total. The number of benzene rings is 2. The van der Waals surface area contributed by atoms with Crippen LogP contribution in [-0.2, 0) is 19.9 Å². The number of rotatable bonds is 6. The van der Waals surface area contributed by atoms with Crippen molar-refractivity contribution in [1.82, 2.24) is 0 Å². The van der Waals surface area contributed by atoms with Crippen LogP contribution in [0.3, 0.4) is 0 Å². The van der Waals surface area contributed by atoms with Crippen molar-refractivity contribution in [2.75, 3.05) is 27.9 Å². The van der Waals surface area contributed by atoms with Gasteiger partial charge in [-0.2, -0.15) is 0 Å². The SMILES string of the molecule is COC/C(=N/C(OC)(c1ccccc1)c1ccccc1)OC. The average Bonchev–Trinajstić information content (AvgIpc) is 2.60. The molecule has 0 bridgehead atoms. The summed E-state index contributed by atoms with van der Waals surface area (Å²) in [6.07, 6.45) is 0. The number of methoxy groups -OCH3 is 3. The Morgan fingerprint density at radius 2 is 1.36 bits per heavy atom. The fourth-order valence-corrected chi connectivity index (χ4v) is 2.34. The van der Waals surface area contributed by atoms with E-state index in [1.54, 1.807) is 21.3 Å². The molecule has 0 heterocycles. The summed E-state index contributed by atoms with van der Waals surface area (Å²) >= 11 is 0. The predicted octanol–water partition coefficient (Wildman–Crippen LogP) is 3.23. The monoisotopic (exact) mass is 299 g/mol. The maximum Gasteiger partial charge on any atom is 0.214 e. The van der Waals surface area contributed by atoms with Gasteiger partial charge in [-0.25, -0.2) is 4.99 Å². The van der Waals surface area contributed by atoms with Crippen LogP contribution in [0.5, 0.6) is 0 Å². The van der Waals surface area contributed by atoms with Crippen LogP contribution in [0.2, 0.25) is 0 Å². The van der Waals surface area contributed by atoms with Gasteiger partial charge in [-0.15, -0.1) is 0 Å². The Hall–Kier alpha value is -2.17. The molecule has 116 valence electrons. The van der Waals surface area contributed by atoms with E-state index in [9.17, 15) is 0 Å². The molecule has 0 aliphatic heterocycles. The van der Waals surface area contributed by atoms with E-state index in [1.807, 2.05) is 60.7 Å². The van der Waals surface area contributed by atoms with Crippen LogP contribution in [0, 0.1) is 0 Å². The lowest BCUT2D eigenvalue weighted by Crippen LogP contribution is -2.30. The Morgan fingerprint density at radius 1 is 0.864 bits per heavy atom. The summed E-state index contributed by atoms with van der Waals surface area (Å²) in [4.78, 5) is 4.72. The van der Waals surface area contributed by atoms with Gasteiger partial charge in [0.25, 0.3) is 0 Å². The van der Waals surface area contributed by atoms with Gasteiger partial charge >= 0.3 is 0 Å². The zero-order valence-corrected chi connectivity index (χ0v) is 13.2. The van der Waals surface area contributed by atoms with Crippen LogP contribution in [0.1, 0.15) is 11.1 Å². The summed E-state index contributed by atoms with van der Waals surface area (Å²) in [5.41, 5.74) is 0.885. The second-order valence-electron chi connectivity index (χ2n) is 4.72. The molecule has 0 amide bonds. The van der Waals surface area contributed by atoms with Crippen molar-refractivity contribution in [2.45, 2.75) is 5.72 Å². The van der Waals surface area contributed by atoms with Gasteiger partial charge < -0.3 is 14.2 Å². The van der Waals surface area contributed by atoms with E-state index in [4.69, 9.17) is 19.2 Å². The number of nitrogens with zero attached hydrogens (tertiary/aromatic N) is 1. The van der Waals surface area contributed by atoms with Crippen LogP contribution in [0.15, 0.2) is 65.7 Å². The highest BCUT2D eigenvalue weighted by atomic mass is 16.5. The van der Waals surface area contributed by atoms with Crippen molar-refractivity contribution >= 4 is 5.90 Å². The van der Waals surface area contributed by atoms with E-state index in [2.05, 4.69) is 0 Å². The van der Waals surface area contributed by atoms with E-state index >= 15 is 0 Å². The minimum Gasteiger partial charge on any atom is -0.483 e. The zero-order valence-electron chi connectivity index (χ0n) is 13.2. The molecular formula is C18H21NO3. The highest BCUT2D eigenvalue weighted by Crippen LogP contribution is 2.34. The first-order valence-corrected chi connectivity index (χ1v) is 7.04. The number of hydrogen-bond acceptors (Lipinski definition) is 4. The third-order valence-electron chi connectivity index (χ3n) is 3.41. The van der Waals surface area contributed by atoms with Crippen molar-refractivity contribution in [3.8, 4) is 0 Å². The third kappa shape index (κ3) is 3.35. The zero-order chi connectivity index (χ0) is 15.8. The molecule has 0 radical (unpaired) electrons. The van der Waals surface area contributed by atoms with Crippen molar-refractivity contribution in [2.24, 2.45) is 4.99 Å². The molecule has 0 aromatic heterocycles. The molecule has 0 saturated heterocycles. The first-order valence-electron chi connectivity index (χ1n) is 7.04. The smallest absolute Gasteiger partial charge is 0.214 e. The van der Waals surface area contributed by atoms with Gasteiger partial charge in [-0.1, -0.05) is 60.7 Å². The maximum absolute atomic E-state index is 5.87. The lowest BCUT2D eigenvalue weighted by molar-refractivity contribution is 0.0270. The van der Waals surface area contributed by atoms with Crippen molar-refractivity contribution < 1.29 is 14.2 Å². The molecule has 2 aromatic carbocycles. The van der Waals surface area contributed by atoms with E-state index in [1.165, 1.54) is 0 Å². The quantitative estimate of drug-likeness (QED) is 0.607. The molecular weight excluding hydrogens is 278 g/mol. The minimum absolute atomic E-state index is 0.279. The van der Waals surface area contributed by atoms with Gasteiger partial charge in [-0.3, -0.25) is 0 Å². The summed E-state index contributed by atoms with van der Waals surface area (Å²) in [7, 11) is 4.83. The fraction of sp³-hybridized carbons (Fsp3) is 0.278. The van der Waals surface area contributed by atoms with Crippen LogP contribution in [0.4, 0.5) is 0 Å². The van der Waals surface area contributed by atoms with Crippen LogP contribution in [-0.4, -0.2) is 33.8 Å². The molecule has 0 aliphatic rings. The molecule has 0 saturated carbocycles. The number of ether oxygens (including phenoxy) is 3. The van der Waals surface area contributed by atoms with Crippen LogP contribution >= 0.6 is 0 Å². The minimum atomic E-state index is -0.966. The van der Waals surface area contributed by atoms with E-state index in [0.29, 0.717) is 5.90 Å². The van der Waals surface area contributed by atoms with Gasteiger partial charge in [0, 0.05) is 25.3 Å². The van der Waals surface area contributed by atoms with Gasteiger partial charge in [0.1, 0.15) is 6.61 Å². The second kappa shape index (κ2) is 7.73. The molecule has 0 atom stereocenters. The van der Waals surface area contributed by atoms with Gasteiger partial charge in [0.2, 0.25) is 11.6 Å². The Morgan fingerprint density at radius 3 is 1.73 bits per heavy atom. The highest BCUT2D eigenvalue weighted by Gasteiger charge is 2.34. The summed E-state index contributed by atoms with van der Waals surface area (Å²) in [5.74, 6) is 0.469. The van der Waals surface area contributed by atoms with Gasteiger partial charge in [-0.05, 0) is 0 Å². The Balaban J connectivity index is 2.62. The van der Waals surface area contributed by atoms with Crippen LogP contribution in [0.25, 0.3) is 0 Å². The van der Waals surface area contributed by atoms with Crippen LogP contribution < -0.4 is 0 Å². The first kappa shape index (κ1) is 16.2. The molecule has 4 heteroatoms. The predicted molar refractivity (Wildman–Crippen MR) is 87.0 cm³/mol. The van der Waals surface area contributed by atoms with Crippen molar-refractivity contribution in [3.63, 3.8) is 0 Å². The Kier molecular flexibility index (Phi) is 5.69. The standard InChI is InChI=1S/C18H21NO3/c1-20-14-17(21-2)19-18(22-3,15-10-6-4-7-11-15)16-12-8-5-9-13-16/h4-13H,14H2,1-3H3/b19-17-. The van der Waals surface area contributed by atoms with Crippen molar-refractivity contribution in [1.29, 1.82) is 0 Å². The second-order valence-corrected chi connectivity index (χ2v) is 4.72. The fourth-order valence-electron chi connectivity index (χ4n) is 2.34. The lowest BCUT2D eigenvalue weighted by atomic mass is 9.94. The third-order valence-corrected chi connectivity index (χ3v) is 3.41. The molecule has 0 fully saturated rings. The summed E-state index contributed by atoms with van der Waals surface area (Å²) in [5, 5.41) is 0. The van der Waals surface area contributed by atoms with E-state index in [-0.39, 0.29) is 6.61 Å². The molecule has 0 spiro atoms. The topological polar surface area (TPSA) is 40.0 Å². The lowest BCUT2D eigenvalue weighted by Gasteiger charge is -2.30. The normalized spacial score (nSPS) is 12.2. The number of aliphatic imine (C=N–C) groups is 1. The summed E-state index contributed by atoms with van der Waals surface area (Å²) in [6, 6.07) is 19.7. The summed E-state index contributed by atoms with van der Waals surface area (Å²) < 4.78 is 16.3.